The highest BCUT2D eigenvalue weighted by atomic mass is 127. The molecule has 0 amide bonds. The number of hydrogen-bond acceptors (Lipinski definition) is 4. The highest BCUT2D eigenvalue weighted by Gasteiger charge is 2.41. The summed E-state index contributed by atoms with van der Waals surface area (Å²) in [7, 11) is 1.81. The average molecular weight is 446 g/mol. The van der Waals surface area contributed by atoms with E-state index in [2.05, 4.69) is 30.4 Å². The van der Waals surface area contributed by atoms with Gasteiger partial charge in [0.1, 0.15) is 5.82 Å². The highest BCUT2D eigenvalue weighted by Crippen LogP contribution is 2.34. The van der Waals surface area contributed by atoms with Crippen LogP contribution in [0.3, 0.4) is 0 Å². The molecule has 3 atom stereocenters. The summed E-state index contributed by atoms with van der Waals surface area (Å²) in [5.41, 5.74) is 0. The standard InChI is InChI=1S/C16H26N6O.HI/c1-17-16(19-12-9-11-6-7-13(12)23-11)18-10-15-21-20-14-5-3-2-4-8-22(14)15;/h11-13H,2-10H2,1H3,(H2,17,18,19);1H. The number of fused-ring (bicyclic) bond motifs is 3. The van der Waals surface area contributed by atoms with Gasteiger partial charge in [0.15, 0.2) is 11.8 Å². The van der Waals surface area contributed by atoms with E-state index >= 15 is 0 Å². The average Bonchev–Trinajstić information content (AvgIpc) is 3.24. The maximum Gasteiger partial charge on any atom is 0.191 e. The molecule has 24 heavy (non-hydrogen) atoms. The van der Waals surface area contributed by atoms with Crippen LogP contribution in [0.4, 0.5) is 0 Å². The minimum Gasteiger partial charge on any atom is -0.373 e. The highest BCUT2D eigenvalue weighted by molar-refractivity contribution is 14.0. The molecule has 4 heterocycles. The van der Waals surface area contributed by atoms with Crippen molar-refractivity contribution < 1.29 is 4.74 Å². The van der Waals surface area contributed by atoms with Gasteiger partial charge in [-0.2, -0.15) is 0 Å². The van der Waals surface area contributed by atoms with E-state index in [0.29, 0.717) is 24.8 Å². The molecule has 134 valence electrons. The van der Waals surface area contributed by atoms with Crippen molar-refractivity contribution >= 4 is 29.9 Å². The fraction of sp³-hybridized carbons (Fsp3) is 0.812. The van der Waals surface area contributed by atoms with Crippen molar-refractivity contribution in [2.45, 2.75) is 76.3 Å². The van der Waals surface area contributed by atoms with Crippen LogP contribution in [0.15, 0.2) is 4.99 Å². The SMILES string of the molecule is CN=C(NCc1nnc2n1CCCCC2)NC1CC2CCC1O2.I. The summed E-state index contributed by atoms with van der Waals surface area (Å²) in [6, 6.07) is 0.385. The molecule has 8 heteroatoms. The van der Waals surface area contributed by atoms with E-state index in [9.17, 15) is 0 Å². The minimum absolute atomic E-state index is 0. The molecular formula is C16H27IN6O. The lowest BCUT2D eigenvalue weighted by atomic mass is 9.96. The number of aryl methyl sites for hydroxylation is 1. The van der Waals surface area contributed by atoms with Crippen molar-refractivity contribution in [3.63, 3.8) is 0 Å². The maximum atomic E-state index is 5.90. The molecule has 0 aliphatic carbocycles. The first-order chi connectivity index (χ1) is 11.3. The third kappa shape index (κ3) is 3.68. The Labute approximate surface area is 160 Å². The molecule has 0 radical (unpaired) electrons. The van der Waals surface area contributed by atoms with Crippen LogP contribution in [0.5, 0.6) is 0 Å². The Morgan fingerprint density at radius 3 is 2.96 bits per heavy atom. The van der Waals surface area contributed by atoms with Crippen LogP contribution in [0.25, 0.3) is 0 Å². The Hall–Kier alpha value is -0.900. The lowest BCUT2D eigenvalue weighted by Crippen LogP contribution is -2.47. The van der Waals surface area contributed by atoms with E-state index in [1.165, 1.54) is 25.7 Å². The molecule has 2 fully saturated rings. The molecule has 3 aliphatic heterocycles. The van der Waals surface area contributed by atoms with Gasteiger partial charge in [-0.05, 0) is 32.1 Å². The number of ether oxygens (including phenoxy) is 1. The molecule has 3 aliphatic rings. The van der Waals surface area contributed by atoms with E-state index in [1.807, 2.05) is 7.05 Å². The molecule has 0 saturated carbocycles. The summed E-state index contributed by atoms with van der Waals surface area (Å²) in [4.78, 5) is 4.35. The third-order valence-electron chi connectivity index (χ3n) is 5.25. The summed E-state index contributed by atoms with van der Waals surface area (Å²) in [5, 5.41) is 15.6. The molecule has 7 nitrogen and oxygen atoms in total. The fourth-order valence-corrected chi connectivity index (χ4v) is 4.00. The van der Waals surface area contributed by atoms with Crippen molar-refractivity contribution in [2.75, 3.05) is 7.05 Å². The maximum absolute atomic E-state index is 5.90. The molecule has 2 bridgehead atoms. The normalized spacial score (nSPS) is 28.9. The largest absolute Gasteiger partial charge is 0.373 e. The summed E-state index contributed by atoms with van der Waals surface area (Å²) in [6.07, 6.45) is 9.02. The smallest absolute Gasteiger partial charge is 0.191 e. The van der Waals surface area contributed by atoms with Gasteiger partial charge in [0.25, 0.3) is 0 Å². The summed E-state index contributed by atoms with van der Waals surface area (Å²) in [5.74, 6) is 2.97. The second kappa shape index (κ2) is 7.99. The quantitative estimate of drug-likeness (QED) is 0.419. The number of nitrogens with one attached hydrogen (secondary N) is 2. The lowest BCUT2D eigenvalue weighted by Gasteiger charge is -2.22. The number of aromatic nitrogens is 3. The van der Waals surface area contributed by atoms with Crippen LogP contribution >= 0.6 is 24.0 Å². The Morgan fingerprint density at radius 2 is 2.21 bits per heavy atom. The van der Waals surface area contributed by atoms with Crippen molar-refractivity contribution in [1.82, 2.24) is 25.4 Å². The number of hydrogen-bond donors (Lipinski definition) is 2. The summed E-state index contributed by atoms with van der Waals surface area (Å²) < 4.78 is 8.17. The number of halogens is 1. The van der Waals surface area contributed by atoms with Crippen LogP contribution in [0.2, 0.25) is 0 Å². The second-order valence-corrected chi connectivity index (χ2v) is 6.78. The van der Waals surface area contributed by atoms with Gasteiger partial charge in [-0.15, -0.1) is 34.2 Å². The van der Waals surface area contributed by atoms with Gasteiger partial charge in [0.2, 0.25) is 0 Å². The van der Waals surface area contributed by atoms with Gasteiger partial charge in [-0.3, -0.25) is 4.99 Å². The Morgan fingerprint density at radius 1 is 1.29 bits per heavy atom. The predicted octanol–water partition coefficient (Wildman–Crippen LogP) is 1.61. The first-order valence-corrected chi connectivity index (χ1v) is 8.87. The molecule has 3 unspecified atom stereocenters. The monoisotopic (exact) mass is 446 g/mol. The Balaban J connectivity index is 0.00000169. The Kier molecular flexibility index (Phi) is 5.96. The van der Waals surface area contributed by atoms with E-state index < -0.39 is 0 Å². The molecule has 2 N–H and O–H groups in total. The van der Waals surface area contributed by atoms with Crippen LogP contribution in [0.1, 0.15) is 50.2 Å². The number of guanidine groups is 1. The van der Waals surface area contributed by atoms with Gasteiger partial charge in [-0.1, -0.05) is 6.42 Å². The van der Waals surface area contributed by atoms with Gasteiger partial charge >= 0.3 is 0 Å². The van der Waals surface area contributed by atoms with E-state index in [4.69, 9.17) is 4.74 Å². The van der Waals surface area contributed by atoms with Gasteiger partial charge in [0.05, 0.1) is 24.8 Å². The van der Waals surface area contributed by atoms with Crippen molar-refractivity contribution in [3.05, 3.63) is 11.6 Å². The van der Waals surface area contributed by atoms with Crippen molar-refractivity contribution in [1.29, 1.82) is 0 Å². The van der Waals surface area contributed by atoms with Gasteiger partial charge in [0, 0.05) is 20.0 Å². The molecule has 1 aromatic heterocycles. The zero-order valence-electron chi connectivity index (χ0n) is 14.2. The molecule has 0 spiro atoms. The molecule has 0 aromatic carbocycles. The van der Waals surface area contributed by atoms with E-state index in [-0.39, 0.29) is 24.0 Å². The van der Waals surface area contributed by atoms with Crippen LogP contribution in [0, 0.1) is 0 Å². The first kappa shape index (κ1) is 17.9. The predicted molar refractivity (Wildman–Crippen MR) is 103 cm³/mol. The number of nitrogens with zero attached hydrogens (tertiary/aromatic N) is 4. The lowest BCUT2D eigenvalue weighted by molar-refractivity contribution is 0.0992. The van der Waals surface area contributed by atoms with E-state index in [0.717, 1.165) is 43.4 Å². The van der Waals surface area contributed by atoms with Crippen LogP contribution in [-0.4, -0.2) is 46.0 Å². The summed E-state index contributed by atoms with van der Waals surface area (Å²) in [6.45, 7) is 1.69. The molecule has 4 rings (SSSR count). The molecule has 1 aromatic rings. The topological polar surface area (TPSA) is 76.4 Å². The Bertz CT molecular complexity index is 589. The van der Waals surface area contributed by atoms with Crippen molar-refractivity contribution in [3.8, 4) is 0 Å². The van der Waals surface area contributed by atoms with Gasteiger partial charge in [-0.25, -0.2) is 0 Å². The first-order valence-electron chi connectivity index (χ1n) is 8.87. The second-order valence-electron chi connectivity index (χ2n) is 6.78. The number of aliphatic imine (C=N–C) groups is 1. The van der Waals surface area contributed by atoms with Crippen LogP contribution in [-0.2, 0) is 24.2 Å². The molecular weight excluding hydrogens is 419 g/mol. The van der Waals surface area contributed by atoms with Crippen LogP contribution < -0.4 is 10.6 Å². The van der Waals surface area contributed by atoms with Gasteiger partial charge < -0.3 is 19.9 Å². The third-order valence-corrected chi connectivity index (χ3v) is 5.25. The van der Waals surface area contributed by atoms with Crippen molar-refractivity contribution in [2.24, 2.45) is 4.99 Å². The number of rotatable bonds is 3. The minimum atomic E-state index is 0. The zero-order valence-corrected chi connectivity index (χ0v) is 16.5. The fourth-order valence-electron chi connectivity index (χ4n) is 4.00. The zero-order chi connectivity index (χ0) is 15.6. The summed E-state index contributed by atoms with van der Waals surface area (Å²) >= 11 is 0. The van der Waals surface area contributed by atoms with E-state index in [1.54, 1.807) is 0 Å². The molecule has 2 saturated heterocycles.